The highest BCUT2D eigenvalue weighted by molar-refractivity contribution is 5.80. The average molecular weight is 268 g/mol. The van der Waals surface area contributed by atoms with Crippen LogP contribution in [0, 0.1) is 0 Å². The van der Waals surface area contributed by atoms with Crippen LogP contribution in [0.25, 0.3) is 0 Å². The summed E-state index contributed by atoms with van der Waals surface area (Å²) in [6.45, 7) is 5.41. The molecule has 0 aromatic carbocycles. The van der Waals surface area contributed by atoms with Crippen molar-refractivity contribution in [3.8, 4) is 0 Å². The van der Waals surface area contributed by atoms with Crippen LogP contribution in [0.2, 0.25) is 0 Å². The summed E-state index contributed by atoms with van der Waals surface area (Å²) in [6, 6.07) is 1.32. The van der Waals surface area contributed by atoms with Crippen molar-refractivity contribution in [2.24, 2.45) is 0 Å². The van der Waals surface area contributed by atoms with Gasteiger partial charge < -0.3 is 9.64 Å². The smallest absolute Gasteiger partial charge is 0.326 e. The highest BCUT2D eigenvalue weighted by Crippen LogP contribution is 2.28. The third-order valence-corrected chi connectivity index (χ3v) is 4.18. The maximum absolute atomic E-state index is 12.2. The Morgan fingerprint density at radius 2 is 2.05 bits per heavy atom. The lowest BCUT2D eigenvalue weighted by Crippen LogP contribution is -2.51. The topological polar surface area (TPSA) is 41.6 Å². The molecule has 0 spiro atoms. The Kier molecular flexibility index (Phi) is 4.85. The number of hydrogen-bond acceptors (Lipinski definition) is 4. The summed E-state index contributed by atoms with van der Waals surface area (Å²) in [5, 5.41) is 3.48. The Morgan fingerprint density at radius 3 is 2.58 bits per heavy atom. The molecule has 0 amide bonds. The predicted molar refractivity (Wildman–Crippen MR) is 76.1 cm³/mol. The summed E-state index contributed by atoms with van der Waals surface area (Å²) in [6.07, 6.45) is 6.97. The van der Waals surface area contributed by atoms with E-state index in [0.29, 0.717) is 12.6 Å². The van der Waals surface area contributed by atoms with Crippen LogP contribution in [0.15, 0.2) is 0 Å². The van der Waals surface area contributed by atoms with Gasteiger partial charge in [-0.25, -0.2) is 0 Å². The third-order valence-electron chi connectivity index (χ3n) is 4.18. The Bertz CT molecular complexity index is 313. The van der Waals surface area contributed by atoms with Crippen LogP contribution >= 0.6 is 0 Å². The van der Waals surface area contributed by atoms with Crippen LogP contribution in [0.1, 0.15) is 52.4 Å². The molecular formula is C15H28N2O2. The van der Waals surface area contributed by atoms with Crippen molar-refractivity contribution in [1.82, 2.24) is 10.2 Å². The number of nitrogens with zero attached hydrogens (tertiary/aromatic N) is 1. The van der Waals surface area contributed by atoms with Gasteiger partial charge in [0, 0.05) is 12.1 Å². The van der Waals surface area contributed by atoms with Crippen molar-refractivity contribution in [2.75, 3.05) is 20.2 Å². The van der Waals surface area contributed by atoms with Gasteiger partial charge in [0.15, 0.2) is 0 Å². The van der Waals surface area contributed by atoms with Crippen molar-refractivity contribution >= 4 is 5.97 Å². The van der Waals surface area contributed by atoms with Crippen molar-refractivity contribution in [3.05, 3.63) is 0 Å². The summed E-state index contributed by atoms with van der Waals surface area (Å²) in [5.74, 6) is -0.0871. The fourth-order valence-electron chi connectivity index (χ4n) is 2.58. The van der Waals surface area contributed by atoms with E-state index in [1.54, 1.807) is 0 Å². The van der Waals surface area contributed by atoms with E-state index in [1.807, 2.05) is 13.8 Å². The summed E-state index contributed by atoms with van der Waals surface area (Å²) in [4.78, 5) is 14.6. The van der Waals surface area contributed by atoms with E-state index in [2.05, 4.69) is 17.3 Å². The van der Waals surface area contributed by atoms with E-state index < -0.39 is 5.54 Å². The number of ether oxygens (including phenoxy) is 1. The molecule has 2 saturated carbocycles. The van der Waals surface area contributed by atoms with Crippen LogP contribution in [-0.2, 0) is 9.53 Å². The molecule has 0 heterocycles. The molecule has 0 bridgehead atoms. The summed E-state index contributed by atoms with van der Waals surface area (Å²) in [7, 11) is 2.19. The molecule has 0 aromatic heterocycles. The Morgan fingerprint density at radius 1 is 1.37 bits per heavy atom. The first kappa shape index (κ1) is 14.8. The third kappa shape index (κ3) is 4.46. The molecule has 1 unspecified atom stereocenters. The Labute approximate surface area is 116 Å². The SMILES string of the molecule is CCOC(=O)C(C)(CCCN(C)C1CC1)NC1CC1. The van der Waals surface area contributed by atoms with Gasteiger partial charge in [-0.1, -0.05) is 0 Å². The zero-order valence-corrected chi connectivity index (χ0v) is 12.6. The van der Waals surface area contributed by atoms with Crippen LogP contribution in [0.4, 0.5) is 0 Å². The van der Waals surface area contributed by atoms with Gasteiger partial charge in [0.25, 0.3) is 0 Å². The van der Waals surface area contributed by atoms with E-state index in [0.717, 1.165) is 25.4 Å². The van der Waals surface area contributed by atoms with Crippen LogP contribution < -0.4 is 5.32 Å². The monoisotopic (exact) mass is 268 g/mol. The van der Waals surface area contributed by atoms with Crippen molar-refractivity contribution in [1.29, 1.82) is 0 Å². The Balaban J connectivity index is 1.79. The van der Waals surface area contributed by atoms with Gasteiger partial charge in [-0.3, -0.25) is 10.1 Å². The van der Waals surface area contributed by atoms with Gasteiger partial charge >= 0.3 is 5.97 Å². The molecule has 19 heavy (non-hydrogen) atoms. The normalized spacial score (nSPS) is 22.3. The van der Waals surface area contributed by atoms with Gasteiger partial charge in [-0.2, -0.15) is 0 Å². The van der Waals surface area contributed by atoms with E-state index in [4.69, 9.17) is 4.74 Å². The number of carbonyl (C=O) groups is 1. The lowest BCUT2D eigenvalue weighted by Gasteiger charge is -2.29. The van der Waals surface area contributed by atoms with E-state index >= 15 is 0 Å². The zero-order chi connectivity index (χ0) is 13.9. The van der Waals surface area contributed by atoms with E-state index in [9.17, 15) is 4.79 Å². The minimum absolute atomic E-state index is 0.0871. The van der Waals surface area contributed by atoms with Gasteiger partial charge in [0.1, 0.15) is 5.54 Å². The van der Waals surface area contributed by atoms with Crippen molar-refractivity contribution in [2.45, 2.75) is 70.0 Å². The van der Waals surface area contributed by atoms with Crippen LogP contribution in [0.5, 0.6) is 0 Å². The number of carbonyl (C=O) groups excluding carboxylic acids is 1. The molecule has 0 aromatic rings. The second-order valence-electron chi connectivity index (χ2n) is 6.29. The molecule has 4 heteroatoms. The number of rotatable bonds is 9. The van der Waals surface area contributed by atoms with Gasteiger partial charge in [0.05, 0.1) is 6.61 Å². The molecular weight excluding hydrogens is 240 g/mol. The van der Waals surface area contributed by atoms with E-state index in [-0.39, 0.29) is 5.97 Å². The molecule has 4 nitrogen and oxygen atoms in total. The largest absolute Gasteiger partial charge is 0.465 e. The molecule has 0 radical (unpaired) electrons. The minimum atomic E-state index is -0.498. The highest BCUT2D eigenvalue weighted by atomic mass is 16.5. The second kappa shape index (κ2) is 6.23. The van der Waals surface area contributed by atoms with Crippen LogP contribution in [0.3, 0.4) is 0 Å². The van der Waals surface area contributed by atoms with Gasteiger partial charge in [0.2, 0.25) is 0 Å². The van der Waals surface area contributed by atoms with Gasteiger partial charge in [-0.05, 0) is 66.0 Å². The fraction of sp³-hybridized carbons (Fsp3) is 0.933. The maximum atomic E-state index is 12.2. The summed E-state index contributed by atoms with van der Waals surface area (Å²) >= 11 is 0. The molecule has 0 saturated heterocycles. The second-order valence-corrected chi connectivity index (χ2v) is 6.29. The summed E-state index contributed by atoms with van der Waals surface area (Å²) in [5.41, 5.74) is -0.498. The molecule has 1 N–H and O–H groups in total. The molecule has 2 fully saturated rings. The van der Waals surface area contributed by atoms with E-state index in [1.165, 1.54) is 25.7 Å². The summed E-state index contributed by atoms with van der Waals surface area (Å²) < 4.78 is 5.24. The molecule has 2 aliphatic carbocycles. The first-order valence-electron chi connectivity index (χ1n) is 7.70. The maximum Gasteiger partial charge on any atom is 0.326 e. The first-order chi connectivity index (χ1) is 9.05. The first-order valence-corrected chi connectivity index (χ1v) is 7.70. The standard InChI is InChI=1S/C15H28N2O2/c1-4-19-14(18)15(2,16-12-6-7-12)10-5-11-17(3)13-8-9-13/h12-13,16H,4-11H2,1-3H3. The van der Waals surface area contributed by atoms with Gasteiger partial charge in [-0.15, -0.1) is 0 Å². The minimum Gasteiger partial charge on any atom is -0.465 e. The molecule has 2 aliphatic rings. The van der Waals surface area contributed by atoms with Crippen molar-refractivity contribution in [3.63, 3.8) is 0 Å². The van der Waals surface area contributed by atoms with Crippen molar-refractivity contribution < 1.29 is 9.53 Å². The number of nitrogens with one attached hydrogen (secondary N) is 1. The lowest BCUT2D eigenvalue weighted by molar-refractivity contribution is -0.151. The van der Waals surface area contributed by atoms with Crippen LogP contribution in [-0.4, -0.2) is 48.7 Å². The Hall–Kier alpha value is -0.610. The molecule has 0 aliphatic heterocycles. The fourth-order valence-corrected chi connectivity index (χ4v) is 2.58. The zero-order valence-electron chi connectivity index (χ0n) is 12.6. The predicted octanol–water partition coefficient (Wildman–Crippen LogP) is 1.93. The average Bonchev–Trinajstić information content (AvgIpc) is 3.23. The molecule has 2 rings (SSSR count). The number of hydrogen-bond donors (Lipinski definition) is 1. The number of esters is 1. The molecule has 1 atom stereocenters. The highest BCUT2D eigenvalue weighted by Gasteiger charge is 2.39. The quantitative estimate of drug-likeness (QED) is 0.649. The lowest BCUT2D eigenvalue weighted by atomic mass is 9.95. The molecule has 110 valence electrons.